The molecule has 9 heteroatoms. The van der Waals surface area contributed by atoms with E-state index >= 15 is 0 Å². The van der Waals surface area contributed by atoms with Crippen LogP contribution >= 0.6 is 0 Å². The third-order valence-corrected chi connectivity index (χ3v) is 5.80. The van der Waals surface area contributed by atoms with Crippen LogP contribution in [-0.2, 0) is 4.79 Å². The number of phenolic OH excluding ortho intramolecular Hbond substituents is 6. The van der Waals surface area contributed by atoms with Crippen LogP contribution in [-0.4, -0.2) is 36.4 Å². The first-order valence-corrected chi connectivity index (χ1v) is 10.6. The number of phenols is 6. The number of halogens is 2. The van der Waals surface area contributed by atoms with Gasteiger partial charge in [0.05, 0.1) is 11.8 Å². The van der Waals surface area contributed by atoms with Crippen molar-refractivity contribution in [2.24, 2.45) is 0 Å². The molecule has 4 aromatic carbocycles. The molecule has 0 amide bonds. The second-order valence-corrected chi connectivity index (χ2v) is 8.18. The van der Waals surface area contributed by atoms with Crippen molar-refractivity contribution in [2.45, 2.75) is 11.8 Å². The summed E-state index contributed by atoms with van der Waals surface area (Å²) in [5, 5.41) is 60.8. The molecule has 6 N–H and O–H groups in total. The Balaban J connectivity index is 2.01. The van der Waals surface area contributed by atoms with Crippen LogP contribution in [0.1, 0.15) is 34.1 Å². The SMILES string of the molecule is O=C(C(c1cccc(F)c1)c1cc(O)c(O)cc1O)C(c1cccc(F)c1)c1cc(O)c(O)cc1O. The van der Waals surface area contributed by atoms with E-state index in [9.17, 15) is 44.2 Å². The molecule has 2 atom stereocenters. The topological polar surface area (TPSA) is 138 Å². The Kier molecular flexibility index (Phi) is 6.39. The van der Waals surface area contributed by atoms with Gasteiger partial charge in [0.2, 0.25) is 0 Å². The van der Waals surface area contributed by atoms with Gasteiger partial charge in [0.25, 0.3) is 0 Å². The molecule has 4 aromatic rings. The summed E-state index contributed by atoms with van der Waals surface area (Å²) in [7, 11) is 0. The average Bonchev–Trinajstić information content (AvgIpc) is 2.81. The molecule has 0 aliphatic heterocycles. The fourth-order valence-corrected chi connectivity index (χ4v) is 4.16. The van der Waals surface area contributed by atoms with Gasteiger partial charge < -0.3 is 30.6 Å². The lowest BCUT2D eigenvalue weighted by Crippen LogP contribution is -2.23. The molecule has 184 valence electrons. The van der Waals surface area contributed by atoms with Crippen molar-refractivity contribution in [1.82, 2.24) is 0 Å². The van der Waals surface area contributed by atoms with E-state index in [1.54, 1.807) is 0 Å². The predicted octanol–water partition coefficient (Wildman–Crippen LogP) is 4.73. The number of carbonyl (C=O) groups is 1. The highest BCUT2D eigenvalue weighted by molar-refractivity contribution is 5.98. The highest BCUT2D eigenvalue weighted by Crippen LogP contribution is 2.45. The van der Waals surface area contributed by atoms with Gasteiger partial charge in [-0.2, -0.15) is 0 Å². The standard InChI is InChI=1S/C27H20F2O7/c28-15-5-1-3-13(7-15)25(17-9-21(32)23(34)11-19(17)30)27(36)26(14-4-2-6-16(29)8-14)18-10-22(33)24(35)12-20(18)31/h1-12,25-26,30-35H. The van der Waals surface area contributed by atoms with Gasteiger partial charge in [-0.1, -0.05) is 24.3 Å². The summed E-state index contributed by atoms with van der Waals surface area (Å²) in [4.78, 5) is 14.2. The Morgan fingerprint density at radius 1 is 0.528 bits per heavy atom. The van der Waals surface area contributed by atoms with Crippen molar-refractivity contribution in [3.05, 3.63) is 107 Å². The molecular weight excluding hydrogens is 474 g/mol. The highest BCUT2D eigenvalue weighted by atomic mass is 19.1. The van der Waals surface area contributed by atoms with Crippen LogP contribution in [0.4, 0.5) is 8.78 Å². The van der Waals surface area contributed by atoms with E-state index in [2.05, 4.69) is 0 Å². The minimum absolute atomic E-state index is 0.0456. The minimum Gasteiger partial charge on any atom is -0.507 e. The van der Waals surface area contributed by atoms with Gasteiger partial charge in [0.15, 0.2) is 28.8 Å². The summed E-state index contributed by atoms with van der Waals surface area (Å²) >= 11 is 0. The normalized spacial score (nSPS) is 12.7. The summed E-state index contributed by atoms with van der Waals surface area (Å²) < 4.78 is 28.4. The molecular formula is C27H20F2O7. The fourth-order valence-electron chi connectivity index (χ4n) is 4.16. The number of Topliss-reactive ketones (excluding diaryl/α,β-unsaturated/α-hetero) is 1. The Morgan fingerprint density at radius 3 is 1.25 bits per heavy atom. The molecule has 0 saturated heterocycles. The Bertz CT molecular complexity index is 1360. The lowest BCUT2D eigenvalue weighted by atomic mass is 9.76. The first kappa shape index (κ1) is 24.3. The van der Waals surface area contributed by atoms with Crippen LogP contribution in [0, 0.1) is 11.6 Å². The van der Waals surface area contributed by atoms with E-state index in [-0.39, 0.29) is 22.3 Å². The zero-order valence-corrected chi connectivity index (χ0v) is 18.4. The summed E-state index contributed by atoms with van der Waals surface area (Å²) in [6.45, 7) is 0. The number of aromatic hydroxyl groups is 6. The van der Waals surface area contributed by atoms with Crippen molar-refractivity contribution >= 4 is 5.78 Å². The highest BCUT2D eigenvalue weighted by Gasteiger charge is 2.36. The van der Waals surface area contributed by atoms with Gasteiger partial charge in [-0.3, -0.25) is 4.79 Å². The monoisotopic (exact) mass is 494 g/mol. The number of carbonyl (C=O) groups excluding carboxylic acids is 1. The van der Waals surface area contributed by atoms with E-state index in [4.69, 9.17) is 0 Å². The number of hydrogen-bond acceptors (Lipinski definition) is 7. The lowest BCUT2D eigenvalue weighted by Gasteiger charge is -2.26. The fraction of sp³-hybridized carbons (Fsp3) is 0.0741. The largest absolute Gasteiger partial charge is 0.507 e. The summed E-state index contributed by atoms with van der Waals surface area (Å²) in [6.07, 6.45) is 0. The van der Waals surface area contributed by atoms with E-state index < -0.39 is 63.8 Å². The first-order chi connectivity index (χ1) is 17.1. The summed E-state index contributed by atoms with van der Waals surface area (Å²) in [5.41, 5.74) is -0.317. The zero-order chi connectivity index (χ0) is 26.1. The molecule has 0 bridgehead atoms. The molecule has 0 aliphatic carbocycles. The van der Waals surface area contributed by atoms with Crippen LogP contribution in [0.15, 0.2) is 72.8 Å². The molecule has 0 aromatic heterocycles. The lowest BCUT2D eigenvalue weighted by molar-refractivity contribution is -0.120. The third-order valence-electron chi connectivity index (χ3n) is 5.80. The molecule has 7 nitrogen and oxygen atoms in total. The van der Waals surface area contributed by atoms with E-state index in [0.717, 1.165) is 48.5 Å². The van der Waals surface area contributed by atoms with Gasteiger partial charge in [-0.05, 0) is 47.5 Å². The summed E-state index contributed by atoms with van der Waals surface area (Å²) in [5.74, 6) is -9.05. The Morgan fingerprint density at radius 2 is 0.889 bits per heavy atom. The summed E-state index contributed by atoms with van der Waals surface area (Å²) in [6, 6.07) is 13.3. The molecule has 36 heavy (non-hydrogen) atoms. The van der Waals surface area contributed by atoms with Gasteiger partial charge >= 0.3 is 0 Å². The molecule has 0 spiro atoms. The number of hydrogen-bond donors (Lipinski definition) is 6. The van der Waals surface area contributed by atoms with Crippen molar-refractivity contribution in [3.8, 4) is 34.5 Å². The Hall–Kier alpha value is -4.79. The quantitative estimate of drug-likeness (QED) is 0.168. The van der Waals surface area contributed by atoms with Crippen molar-refractivity contribution < 1.29 is 44.2 Å². The number of ketones is 1. The predicted molar refractivity (Wildman–Crippen MR) is 124 cm³/mol. The smallest absolute Gasteiger partial charge is 0.161 e. The van der Waals surface area contributed by atoms with Crippen LogP contribution in [0.3, 0.4) is 0 Å². The van der Waals surface area contributed by atoms with Crippen LogP contribution in [0.25, 0.3) is 0 Å². The molecule has 0 aliphatic rings. The van der Waals surface area contributed by atoms with E-state index in [0.29, 0.717) is 0 Å². The maximum atomic E-state index is 14.2. The maximum absolute atomic E-state index is 14.2. The van der Waals surface area contributed by atoms with E-state index in [1.165, 1.54) is 24.3 Å². The van der Waals surface area contributed by atoms with E-state index in [1.807, 2.05) is 0 Å². The molecule has 0 heterocycles. The second-order valence-electron chi connectivity index (χ2n) is 8.18. The Labute approximate surface area is 203 Å². The van der Waals surface area contributed by atoms with Crippen LogP contribution in [0.5, 0.6) is 34.5 Å². The first-order valence-electron chi connectivity index (χ1n) is 10.6. The van der Waals surface area contributed by atoms with Crippen LogP contribution in [0.2, 0.25) is 0 Å². The van der Waals surface area contributed by atoms with Crippen molar-refractivity contribution in [3.63, 3.8) is 0 Å². The molecule has 4 rings (SSSR count). The zero-order valence-electron chi connectivity index (χ0n) is 18.4. The van der Waals surface area contributed by atoms with Crippen LogP contribution < -0.4 is 0 Å². The molecule has 0 saturated carbocycles. The molecule has 0 radical (unpaired) electrons. The van der Waals surface area contributed by atoms with Gasteiger partial charge in [-0.25, -0.2) is 8.78 Å². The maximum Gasteiger partial charge on any atom is 0.161 e. The molecule has 0 fully saturated rings. The number of benzene rings is 4. The molecule has 2 unspecified atom stereocenters. The minimum atomic E-state index is -1.49. The van der Waals surface area contributed by atoms with Crippen molar-refractivity contribution in [1.29, 1.82) is 0 Å². The average molecular weight is 494 g/mol. The number of rotatable bonds is 6. The second kappa shape index (κ2) is 9.46. The van der Waals surface area contributed by atoms with Crippen molar-refractivity contribution in [2.75, 3.05) is 0 Å². The van der Waals surface area contributed by atoms with Gasteiger partial charge in [0.1, 0.15) is 23.1 Å². The van der Waals surface area contributed by atoms with Gasteiger partial charge in [0, 0.05) is 23.3 Å². The third kappa shape index (κ3) is 4.58. The van der Waals surface area contributed by atoms with Gasteiger partial charge in [-0.15, -0.1) is 0 Å².